The van der Waals surface area contributed by atoms with Gasteiger partial charge in [0.25, 0.3) is 5.91 Å². The Labute approximate surface area is 170 Å². The molecule has 150 valence electrons. The van der Waals surface area contributed by atoms with Crippen LogP contribution in [0.15, 0.2) is 42.5 Å². The van der Waals surface area contributed by atoms with Crippen LogP contribution in [0, 0.1) is 12.7 Å². The van der Waals surface area contributed by atoms with Crippen molar-refractivity contribution in [2.45, 2.75) is 13.5 Å². The van der Waals surface area contributed by atoms with Crippen molar-refractivity contribution in [1.29, 1.82) is 0 Å². The molecule has 0 atom stereocenters. The summed E-state index contributed by atoms with van der Waals surface area (Å²) in [6, 6.07) is 10.8. The second-order valence-corrected chi connectivity index (χ2v) is 7.02. The number of carbonyl (C=O) groups is 2. The van der Waals surface area contributed by atoms with Crippen molar-refractivity contribution in [2.24, 2.45) is 0 Å². The number of ether oxygens (including phenoxy) is 1. The lowest BCUT2D eigenvalue weighted by atomic mass is 10.2. The normalized spacial score (nSPS) is 10.3. The second kappa shape index (κ2) is 9.11. The number of aryl methyl sites for hydroxylation is 1. The van der Waals surface area contributed by atoms with Crippen LogP contribution in [0.3, 0.4) is 0 Å². The summed E-state index contributed by atoms with van der Waals surface area (Å²) in [5.74, 6) is -0.128. The van der Waals surface area contributed by atoms with Gasteiger partial charge < -0.3 is 20.7 Å². The van der Waals surface area contributed by atoms with Gasteiger partial charge in [0.05, 0.1) is 13.7 Å². The van der Waals surface area contributed by atoms with Gasteiger partial charge in [-0.25, -0.2) is 9.18 Å². The summed E-state index contributed by atoms with van der Waals surface area (Å²) in [6.07, 6.45) is 0. The van der Waals surface area contributed by atoms with Gasteiger partial charge in [-0.1, -0.05) is 17.4 Å². The highest BCUT2D eigenvalue weighted by Gasteiger charge is 2.14. The number of nitrogens with zero attached hydrogens (tertiary/aromatic N) is 2. The average molecular weight is 415 g/mol. The predicted octanol–water partition coefficient (Wildman–Crippen LogP) is 3.57. The number of aromatic nitrogens is 2. The van der Waals surface area contributed by atoms with Crippen LogP contribution in [0.1, 0.15) is 20.4 Å². The molecule has 0 saturated heterocycles. The van der Waals surface area contributed by atoms with Crippen LogP contribution in [-0.2, 0) is 6.54 Å². The third kappa shape index (κ3) is 5.48. The summed E-state index contributed by atoms with van der Waals surface area (Å²) in [6.45, 7) is 1.71. The number of amides is 3. The van der Waals surface area contributed by atoms with E-state index in [4.69, 9.17) is 4.74 Å². The molecular weight excluding hydrogens is 397 g/mol. The monoisotopic (exact) mass is 415 g/mol. The summed E-state index contributed by atoms with van der Waals surface area (Å²) >= 11 is 1.06. The first-order chi connectivity index (χ1) is 13.9. The van der Waals surface area contributed by atoms with Gasteiger partial charge in [0.15, 0.2) is 0 Å². The molecule has 0 aliphatic rings. The molecule has 10 heteroatoms. The molecule has 3 N–H and O–H groups in total. The highest BCUT2D eigenvalue weighted by atomic mass is 32.1. The van der Waals surface area contributed by atoms with Crippen molar-refractivity contribution in [1.82, 2.24) is 15.5 Å². The van der Waals surface area contributed by atoms with E-state index in [0.29, 0.717) is 27.7 Å². The zero-order valence-corrected chi connectivity index (χ0v) is 16.5. The van der Waals surface area contributed by atoms with Crippen LogP contribution in [-0.4, -0.2) is 29.2 Å². The molecule has 3 amide bonds. The number of urea groups is 1. The van der Waals surface area contributed by atoms with Crippen LogP contribution in [0.5, 0.6) is 5.75 Å². The van der Waals surface area contributed by atoms with E-state index in [1.807, 2.05) is 0 Å². The van der Waals surface area contributed by atoms with E-state index < -0.39 is 17.8 Å². The third-order valence-electron chi connectivity index (χ3n) is 3.84. The molecule has 1 aromatic heterocycles. The number of hydrogen-bond acceptors (Lipinski definition) is 6. The number of anilines is 2. The molecule has 0 aliphatic heterocycles. The lowest BCUT2D eigenvalue weighted by molar-refractivity contribution is 0.102. The Bertz CT molecular complexity index is 1020. The summed E-state index contributed by atoms with van der Waals surface area (Å²) in [4.78, 5) is 24.2. The molecule has 1 heterocycles. The topological polar surface area (TPSA) is 105 Å². The minimum absolute atomic E-state index is 0.0770. The Hall–Kier alpha value is -3.53. The van der Waals surface area contributed by atoms with Crippen LogP contribution in [0.25, 0.3) is 0 Å². The van der Waals surface area contributed by atoms with E-state index in [0.717, 1.165) is 11.3 Å². The van der Waals surface area contributed by atoms with Crippen molar-refractivity contribution >= 4 is 34.6 Å². The van der Waals surface area contributed by atoms with Crippen LogP contribution < -0.4 is 20.7 Å². The van der Waals surface area contributed by atoms with Gasteiger partial charge in [-0.3, -0.25) is 4.79 Å². The second-order valence-electron chi connectivity index (χ2n) is 5.96. The maximum Gasteiger partial charge on any atom is 0.319 e. The molecule has 3 aromatic rings. The summed E-state index contributed by atoms with van der Waals surface area (Å²) in [7, 11) is 1.56. The fraction of sp³-hybridized carbons (Fsp3) is 0.158. The van der Waals surface area contributed by atoms with E-state index in [2.05, 4.69) is 26.1 Å². The van der Waals surface area contributed by atoms with Gasteiger partial charge in [0, 0.05) is 11.4 Å². The van der Waals surface area contributed by atoms with Crippen molar-refractivity contribution in [3.8, 4) is 5.75 Å². The van der Waals surface area contributed by atoms with Crippen molar-refractivity contribution in [3.63, 3.8) is 0 Å². The Morgan fingerprint density at radius 3 is 2.48 bits per heavy atom. The number of hydrogen-bond donors (Lipinski definition) is 3. The molecule has 3 rings (SSSR count). The first-order valence-corrected chi connectivity index (χ1v) is 9.35. The third-order valence-corrected chi connectivity index (χ3v) is 4.76. The zero-order chi connectivity index (χ0) is 20.8. The lowest BCUT2D eigenvalue weighted by Gasteiger charge is -2.07. The largest absolute Gasteiger partial charge is 0.497 e. The standard InChI is InChI=1S/C19H18FN5O3S/c1-11-3-4-13(9-15(11)20)23-19(27)21-10-16-24-25-18(29-16)17(26)22-12-5-7-14(28-2)8-6-12/h3-9H,10H2,1-2H3,(H,22,26)(H2,21,23,27). The Morgan fingerprint density at radius 1 is 1.07 bits per heavy atom. The molecule has 2 aromatic carbocycles. The van der Waals surface area contributed by atoms with Crippen molar-refractivity contribution < 1.29 is 18.7 Å². The molecule has 0 bridgehead atoms. The first kappa shape index (κ1) is 20.2. The van der Waals surface area contributed by atoms with Gasteiger partial charge in [-0.2, -0.15) is 0 Å². The van der Waals surface area contributed by atoms with Gasteiger partial charge in [0.2, 0.25) is 5.01 Å². The molecule has 8 nitrogen and oxygen atoms in total. The molecular formula is C19H18FN5O3S. The molecule has 0 saturated carbocycles. The van der Waals surface area contributed by atoms with E-state index in [1.165, 1.54) is 6.07 Å². The zero-order valence-electron chi connectivity index (χ0n) is 15.7. The quantitative estimate of drug-likeness (QED) is 0.571. The summed E-state index contributed by atoms with van der Waals surface area (Å²) in [5.41, 5.74) is 1.42. The Kier molecular flexibility index (Phi) is 6.35. The molecule has 0 aliphatic carbocycles. The number of rotatable bonds is 6. The molecule has 0 fully saturated rings. The van der Waals surface area contributed by atoms with E-state index in [-0.39, 0.29) is 11.6 Å². The molecule has 0 radical (unpaired) electrons. The molecule has 0 unspecified atom stereocenters. The van der Waals surface area contributed by atoms with Gasteiger partial charge in [-0.05, 0) is 48.9 Å². The van der Waals surface area contributed by atoms with Gasteiger partial charge in [-0.15, -0.1) is 10.2 Å². The van der Waals surface area contributed by atoms with E-state index in [9.17, 15) is 14.0 Å². The number of carbonyl (C=O) groups excluding carboxylic acids is 2. The average Bonchev–Trinajstić information content (AvgIpc) is 3.19. The van der Waals surface area contributed by atoms with Crippen LogP contribution in [0.4, 0.5) is 20.6 Å². The Balaban J connectivity index is 1.51. The smallest absolute Gasteiger partial charge is 0.319 e. The number of halogens is 1. The maximum atomic E-state index is 13.5. The first-order valence-electron chi connectivity index (χ1n) is 8.53. The Morgan fingerprint density at radius 2 is 1.79 bits per heavy atom. The van der Waals surface area contributed by atoms with Crippen molar-refractivity contribution in [3.05, 3.63) is 63.9 Å². The molecule has 0 spiro atoms. The number of nitrogens with one attached hydrogen (secondary N) is 3. The van der Waals surface area contributed by atoms with Crippen molar-refractivity contribution in [2.75, 3.05) is 17.7 Å². The van der Waals surface area contributed by atoms with Gasteiger partial charge >= 0.3 is 6.03 Å². The number of methoxy groups -OCH3 is 1. The molecule has 29 heavy (non-hydrogen) atoms. The number of benzene rings is 2. The lowest BCUT2D eigenvalue weighted by Crippen LogP contribution is -2.28. The minimum Gasteiger partial charge on any atom is -0.497 e. The minimum atomic E-state index is -0.521. The summed E-state index contributed by atoms with van der Waals surface area (Å²) in [5, 5.41) is 16.2. The van der Waals surface area contributed by atoms with E-state index >= 15 is 0 Å². The van der Waals surface area contributed by atoms with E-state index in [1.54, 1.807) is 50.4 Å². The van der Waals surface area contributed by atoms with Gasteiger partial charge in [0.1, 0.15) is 16.6 Å². The fourth-order valence-electron chi connectivity index (χ4n) is 2.28. The maximum absolute atomic E-state index is 13.5. The summed E-state index contributed by atoms with van der Waals surface area (Å²) < 4.78 is 18.6. The fourth-order valence-corrected chi connectivity index (χ4v) is 2.95. The van der Waals surface area contributed by atoms with Crippen LogP contribution in [0.2, 0.25) is 0 Å². The highest BCUT2D eigenvalue weighted by Crippen LogP contribution is 2.17. The van der Waals surface area contributed by atoms with Crippen LogP contribution >= 0.6 is 11.3 Å². The SMILES string of the molecule is COc1ccc(NC(=O)c2nnc(CNC(=O)Nc3ccc(C)c(F)c3)s2)cc1. The highest BCUT2D eigenvalue weighted by molar-refractivity contribution is 7.13. The predicted molar refractivity (Wildman–Crippen MR) is 108 cm³/mol.